The second-order valence-electron chi connectivity index (χ2n) is 7.63. The summed E-state index contributed by atoms with van der Waals surface area (Å²) in [4.78, 5) is 39.0. The lowest BCUT2D eigenvalue weighted by atomic mass is 10.0. The highest BCUT2D eigenvalue weighted by atomic mass is 31.2. The first-order valence-corrected chi connectivity index (χ1v) is 11.2. The smallest absolute Gasteiger partial charge is 0.313 e. The summed E-state index contributed by atoms with van der Waals surface area (Å²) in [5, 5.41) is 0. The van der Waals surface area contributed by atoms with Crippen molar-refractivity contribution < 1.29 is 23.7 Å². The number of hydrogen-bond acceptors (Lipinski definition) is 5. The molecule has 0 saturated heterocycles. The summed E-state index contributed by atoms with van der Waals surface area (Å²) < 4.78 is 18.6. The van der Waals surface area contributed by atoms with Crippen LogP contribution in [0, 0.1) is 41.5 Å². The highest BCUT2D eigenvalue weighted by molar-refractivity contribution is 7.96. The Hall–Kier alpha value is -2.52. The molecule has 2 aromatic carbocycles. The van der Waals surface area contributed by atoms with Gasteiger partial charge in [0.25, 0.3) is 0 Å². The van der Waals surface area contributed by atoms with Crippen LogP contribution in [0.3, 0.4) is 0 Å². The standard InChI is InChI=1S/C23H27O5P/c1-13-8-15(3)20(16(4)9-13)22(25)29(27,12-19(24)28-7)23(26)21-17(5)10-14(2)11-18(21)6/h8-11H,12H2,1-7H3. The lowest BCUT2D eigenvalue weighted by molar-refractivity contribution is -0.137. The van der Waals surface area contributed by atoms with Gasteiger partial charge in [0, 0.05) is 11.1 Å². The van der Waals surface area contributed by atoms with Gasteiger partial charge < -0.3 is 9.30 Å². The molecule has 0 aliphatic heterocycles. The van der Waals surface area contributed by atoms with Crippen molar-refractivity contribution in [1.29, 1.82) is 0 Å². The van der Waals surface area contributed by atoms with Crippen molar-refractivity contribution in [1.82, 2.24) is 0 Å². The van der Waals surface area contributed by atoms with Gasteiger partial charge in [0.15, 0.2) is 0 Å². The van der Waals surface area contributed by atoms with Crippen LogP contribution in [0.25, 0.3) is 0 Å². The summed E-state index contributed by atoms with van der Waals surface area (Å²) in [5.41, 5.74) is 3.31. The Morgan fingerprint density at radius 2 is 1.03 bits per heavy atom. The summed E-state index contributed by atoms with van der Waals surface area (Å²) in [6.07, 6.45) is -0.749. The van der Waals surface area contributed by atoms with Gasteiger partial charge in [-0.2, -0.15) is 0 Å². The Kier molecular flexibility index (Phi) is 6.64. The number of ether oxygens (including phenoxy) is 1. The molecule has 0 unspecified atom stereocenters. The van der Waals surface area contributed by atoms with Gasteiger partial charge in [0.1, 0.15) is 6.16 Å². The summed E-state index contributed by atoms with van der Waals surface area (Å²) in [6, 6.07) is 7.20. The van der Waals surface area contributed by atoms with Crippen molar-refractivity contribution in [3.63, 3.8) is 0 Å². The van der Waals surface area contributed by atoms with E-state index in [0.29, 0.717) is 22.3 Å². The van der Waals surface area contributed by atoms with Crippen LogP contribution < -0.4 is 0 Å². The molecule has 0 radical (unpaired) electrons. The molecule has 0 N–H and O–H groups in total. The van der Waals surface area contributed by atoms with Gasteiger partial charge in [-0.05, 0) is 63.8 Å². The molecule has 5 nitrogen and oxygen atoms in total. The molecule has 0 spiro atoms. The average Bonchev–Trinajstić information content (AvgIpc) is 2.59. The molecular formula is C23H27O5P. The normalized spacial score (nSPS) is 11.3. The lowest BCUT2D eigenvalue weighted by Crippen LogP contribution is -2.21. The molecule has 0 heterocycles. The fourth-order valence-corrected chi connectivity index (χ4v) is 6.27. The van der Waals surface area contributed by atoms with Crippen molar-refractivity contribution in [3.05, 3.63) is 68.8 Å². The van der Waals surface area contributed by atoms with E-state index >= 15 is 0 Å². The molecule has 0 aliphatic rings. The second kappa shape index (κ2) is 8.46. The molecule has 0 atom stereocenters. The highest BCUT2D eigenvalue weighted by Gasteiger charge is 2.45. The molecule has 0 aromatic heterocycles. The number of carbonyl (C=O) groups excluding carboxylic acids is 3. The van der Waals surface area contributed by atoms with Gasteiger partial charge in [-0.1, -0.05) is 35.4 Å². The Morgan fingerprint density at radius 3 is 1.31 bits per heavy atom. The predicted octanol–water partition coefficient (Wildman–Crippen LogP) is 5.05. The van der Waals surface area contributed by atoms with E-state index in [2.05, 4.69) is 4.74 Å². The zero-order valence-corrected chi connectivity index (χ0v) is 18.9. The zero-order valence-electron chi connectivity index (χ0n) is 18.0. The quantitative estimate of drug-likeness (QED) is 0.488. The van der Waals surface area contributed by atoms with Crippen LogP contribution in [0.1, 0.15) is 54.1 Å². The lowest BCUT2D eigenvalue weighted by Gasteiger charge is -2.20. The summed E-state index contributed by atoms with van der Waals surface area (Å²) in [5.74, 6) is -0.847. The molecule has 29 heavy (non-hydrogen) atoms. The van der Waals surface area contributed by atoms with E-state index in [9.17, 15) is 18.9 Å². The predicted molar refractivity (Wildman–Crippen MR) is 114 cm³/mol. The Bertz CT molecular complexity index is 945. The van der Waals surface area contributed by atoms with Gasteiger partial charge in [-0.15, -0.1) is 0 Å². The Balaban J connectivity index is 2.73. The fraction of sp³-hybridized carbons (Fsp3) is 0.348. The van der Waals surface area contributed by atoms with Crippen molar-refractivity contribution in [2.24, 2.45) is 0 Å². The van der Waals surface area contributed by atoms with E-state index in [1.54, 1.807) is 52.0 Å². The maximum absolute atomic E-state index is 14.0. The Morgan fingerprint density at radius 1 is 0.724 bits per heavy atom. The van der Waals surface area contributed by atoms with Crippen LogP contribution in [0.4, 0.5) is 0 Å². The maximum Gasteiger partial charge on any atom is 0.313 e. The van der Waals surface area contributed by atoms with Gasteiger partial charge in [-0.3, -0.25) is 14.4 Å². The van der Waals surface area contributed by atoms with E-state index in [0.717, 1.165) is 18.2 Å². The van der Waals surface area contributed by atoms with Gasteiger partial charge in [0.2, 0.25) is 18.2 Å². The SMILES string of the molecule is COC(=O)CP(=O)(C(=O)c1c(C)cc(C)cc1C)C(=O)c1c(C)cc(C)cc1C. The van der Waals surface area contributed by atoms with Gasteiger partial charge >= 0.3 is 5.97 Å². The second-order valence-corrected chi connectivity index (χ2v) is 10.2. The van der Waals surface area contributed by atoms with Gasteiger partial charge in [-0.25, -0.2) is 0 Å². The third-order valence-electron chi connectivity index (χ3n) is 5.02. The highest BCUT2D eigenvalue weighted by Crippen LogP contribution is 2.53. The minimum Gasteiger partial charge on any atom is -0.469 e. The van der Waals surface area contributed by atoms with Crippen LogP contribution in [0.2, 0.25) is 0 Å². The van der Waals surface area contributed by atoms with E-state index < -0.39 is 30.3 Å². The van der Waals surface area contributed by atoms with Crippen molar-refractivity contribution in [3.8, 4) is 0 Å². The average molecular weight is 414 g/mol. The van der Waals surface area contributed by atoms with Crippen LogP contribution in [0.15, 0.2) is 24.3 Å². The summed E-state index contributed by atoms with van der Waals surface area (Å²) >= 11 is 0. The van der Waals surface area contributed by atoms with E-state index in [1.165, 1.54) is 0 Å². The molecular weight excluding hydrogens is 387 g/mol. The number of carbonyl (C=O) groups is 3. The number of rotatable bonds is 6. The largest absolute Gasteiger partial charge is 0.469 e. The van der Waals surface area contributed by atoms with E-state index in [1.807, 2.05) is 13.8 Å². The summed E-state index contributed by atoms with van der Waals surface area (Å²) in [6.45, 7) is 10.7. The van der Waals surface area contributed by atoms with E-state index in [-0.39, 0.29) is 11.1 Å². The van der Waals surface area contributed by atoms with Crippen LogP contribution in [0.5, 0.6) is 0 Å². The minimum atomic E-state index is -4.31. The molecule has 0 saturated carbocycles. The number of esters is 1. The molecule has 154 valence electrons. The number of aryl methyl sites for hydroxylation is 6. The third-order valence-corrected chi connectivity index (χ3v) is 7.48. The van der Waals surface area contributed by atoms with Crippen molar-refractivity contribution in [2.45, 2.75) is 41.5 Å². The first kappa shape index (κ1) is 22.8. The number of benzene rings is 2. The number of methoxy groups -OCH3 is 1. The first-order valence-electron chi connectivity index (χ1n) is 9.33. The molecule has 0 fully saturated rings. The molecule has 6 heteroatoms. The van der Waals surface area contributed by atoms with Gasteiger partial charge in [0.05, 0.1) is 7.11 Å². The summed E-state index contributed by atoms with van der Waals surface area (Å²) in [7, 11) is -3.16. The molecule has 0 amide bonds. The van der Waals surface area contributed by atoms with Crippen molar-refractivity contribution >= 4 is 24.2 Å². The first-order chi connectivity index (χ1) is 13.4. The van der Waals surface area contributed by atoms with Crippen LogP contribution >= 0.6 is 7.14 Å². The monoisotopic (exact) mass is 414 g/mol. The fourth-order valence-electron chi connectivity index (χ4n) is 3.88. The maximum atomic E-state index is 14.0. The molecule has 0 aliphatic carbocycles. The van der Waals surface area contributed by atoms with Crippen LogP contribution in [-0.2, 0) is 14.1 Å². The zero-order chi connectivity index (χ0) is 22.1. The number of hydrogen-bond donors (Lipinski definition) is 0. The third kappa shape index (κ3) is 4.40. The van der Waals surface area contributed by atoms with E-state index in [4.69, 9.17) is 0 Å². The molecule has 2 aromatic rings. The molecule has 2 rings (SSSR count). The van der Waals surface area contributed by atoms with Crippen molar-refractivity contribution in [2.75, 3.05) is 13.3 Å². The van der Waals surface area contributed by atoms with Crippen LogP contribution in [-0.4, -0.2) is 30.3 Å². The minimum absolute atomic E-state index is 0.235. The topological polar surface area (TPSA) is 77.5 Å². The Labute approximate surface area is 171 Å². The molecule has 0 bridgehead atoms.